The van der Waals surface area contributed by atoms with Crippen LogP contribution < -0.4 is 3.53 Å². The molecule has 0 aromatic heterocycles. The van der Waals surface area contributed by atoms with Crippen LogP contribution in [0.5, 0.6) is 0 Å². The lowest BCUT2D eigenvalue weighted by molar-refractivity contribution is 0.282. The first kappa shape index (κ1) is 12.7. The Morgan fingerprint density at radius 1 is 1.33 bits per heavy atom. The van der Waals surface area contributed by atoms with E-state index in [0.29, 0.717) is 11.5 Å². The smallest absolute Gasteiger partial charge is 0.0295 e. The average molecular weight is 284 g/mol. The molecule has 0 heterocycles. The third-order valence-corrected chi connectivity index (χ3v) is 2.48. The molecule has 0 aromatic carbocycles. The minimum Gasteiger partial charge on any atom is -0.308 e. The van der Waals surface area contributed by atoms with Gasteiger partial charge in [-0.25, -0.2) is 0 Å². The molecule has 0 aliphatic rings. The van der Waals surface area contributed by atoms with Crippen LogP contribution in [0.2, 0.25) is 0 Å². The van der Waals surface area contributed by atoms with Gasteiger partial charge in [0.1, 0.15) is 0 Å². The van der Waals surface area contributed by atoms with E-state index < -0.39 is 0 Å². The quantitative estimate of drug-likeness (QED) is 0.629. The lowest BCUT2D eigenvalue weighted by Crippen LogP contribution is -2.36. The Morgan fingerprint density at radius 3 is 2.08 bits per heavy atom. The van der Waals surface area contributed by atoms with E-state index in [0.717, 1.165) is 6.54 Å². The summed E-state index contributed by atoms with van der Waals surface area (Å²) in [7, 11) is 4.23. The van der Waals surface area contributed by atoms with Gasteiger partial charge >= 0.3 is 0 Å². The maximum absolute atomic E-state index is 3.32. The van der Waals surface area contributed by atoms with E-state index in [1.165, 1.54) is 6.42 Å². The second-order valence-corrected chi connectivity index (χ2v) is 5.46. The lowest BCUT2D eigenvalue weighted by atomic mass is 9.88. The standard InChI is InChI=1S/C9H21IN2/c1-9(2,3)6-8(11-10)7-12(4)5/h8,11H,6-7H2,1-5H3/t8-/m0/s1. The molecule has 0 fully saturated rings. The Morgan fingerprint density at radius 2 is 1.83 bits per heavy atom. The van der Waals surface area contributed by atoms with Crippen LogP contribution in [-0.4, -0.2) is 31.6 Å². The third kappa shape index (κ3) is 7.31. The number of hydrogen-bond donors (Lipinski definition) is 1. The van der Waals surface area contributed by atoms with E-state index in [1.807, 2.05) is 0 Å². The van der Waals surface area contributed by atoms with Crippen LogP contribution in [-0.2, 0) is 0 Å². The van der Waals surface area contributed by atoms with Crippen LogP contribution in [0, 0.1) is 5.41 Å². The van der Waals surface area contributed by atoms with Gasteiger partial charge in [-0.2, -0.15) is 0 Å². The summed E-state index contributed by atoms with van der Waals surface area (Å²) in [5.41, 5.74) is 0.416. The van der Waals surface area contributed by atoms with Gasteiger partial charge in [-0.15, -0.1) is 0 Å². The fourth-order valence-corrected chi connectivity index (χ4v) is 1.73. The number of hydrogen-bond acceptors (Lipinski definition) is 2. The van der Waals surface area contributed by atoms with E-state index in [4.69, 9.17) is 0 Å². The van der Waals surface area contributed by atoms with Crippen molar-refractivity contribution in [2.45, 2.75) is 33.2 Å². The van der Waals surface area contributed by atoms with Gasteiger partial charge in [0.25, 0.3) is 0 Å². The van der Waals surface area contributed by atoms with E-state index in [9.17, 15) is 0 Å². The van der Waals surface area contributed by atoms with Gasteiger partial charge in [0.15, 0.2) is 0 Å². The molecule has 0 rings (SSSR count). The summed E-state index contributed by atoms with van der Waals surface area (Å²) in [4.78, 5) is 2.22. The van der Waals surface area contributed by atoms with Crippen LogP contribution in [0.4, 0.5) is 0 Å². The molecule has 0 amide bonds. The topological polar surface area (TPSA) is 15.3 Å². The number of nitrogens with zero attached hydrogens (tertiary/aromatic N) is 1. The number of halogens is 1. The molecule has 0 unspecified atom stereocenters. The Bertz CT molecular complexity index is 118. The molecule has 0 saturated carbocycles. The summed E-state index contributed by atoms with van der Waals surface area (Å²) in [5, 5.41) is 0. The molecule has 0 aliphatic carbocycles. The summed E-state index contributed by atoms with van der Waals surface area (Å²) >= 11 is 2.25. The van der Waals surface area contributed by atoms with Gasteiger partial charge in [-0.1, -0.05) is 20.8 Å². The molecule has 0 spiro atoms. The Balaban J connectivity index is 3.83. The molecule has 0 aromatic rings. The molecule has 0 aliphatic heterocycles. The van der Waals surface area contributed by atoms with Gasteiger partial charge in [-0.05, 0) is 25.9 Å². The fourth-order valence-electron chi connectivity index (χ4n) is 1.32. The van der Waals surface area contributed by atoms with Crippen LogP contribution in [0.15, 0.2) is 0 Å². The molecule has 12 heavy (non-hydrogen) atoms. The summed E-state index contributed by atoms with van der Waals surface area (Å²) in [5.74, 6) is 0. The molecule has 1 N–H and O–H groups in total. The van der Waals surface area contributed by atoms with Crippen molar-refractivity contribution in [1.29, 1.82) is 0 Å². The maximum atomic E-state index is 3.32. The second kappa shape index (κ2) is 5.40. The Labute approximate surface area is 90.6 Å². The SMILES string of the molecule is CN(C)C[C@H](CC(C)(C)C)NI. The summed E-state index contributed by atoms with van der Waals surface area (Å²) in [6.07, 6.45) is 1.22. The Hall–Kier alpha value is 0.650. The van der Waals surface area contributed by atoms with Crippen molar-refractivity contribution in [2.75, 3.05) is 20.6 Å². The van der Waals surface area contributed by atoms with Gasteiger partial charge in [0.2, 0.25) is 0 Å². The number of rotatable bonds is 4. The van der Waals surface area contributed by atoms with Gasteiger partial charge in [-0.3, -0.25) is 3.53 Å². The van der Waals surface area contributed by atoms with Crippen LogP contribution in [0.3, 0.4) is 0 Å². The van der Waals surface area contributed by atoms with Crippen molar-refractivity contribution in [1.82, 2.24) is 8.43 Å². The second-order valence-electron chi connectivity index (χ2n) is 4.83. The zero-order valence-electron chi connectivity index (χ0n) is 8.82. The van der Waals surface area contributed by atoms with E-state index in [2.05, 4.69) is 66.2 Å². The van der Waals surface area contributed by atoms with Crippen molar-refractivity contribution in [2.24, 2.45) is 5.41 Å². The minimum absolute atomic E-state index is 0.416. The van der Waals surface area contributed by atoms with Crippen molar-refractivity contribution in [3.8, 4) is 0 Å². The largest absolute Gasteiger partial charge is 0.308 e. The van der Waals surface area contributed by atoms with Crippen LogP contribution in [0.25, 0.3) is 0 Å². The number of nitrogens with one attached hydrogen (secondary N) is 1. The van der Waals surface area contributed by atoms with Crippen molar-refractivity contribution >= 4 is 22.9 Å². The number of likely N-dealkylation sites (N-methyl/N-ethyl adjacent to an activating group) is 1. The van der Waals surface area contributed by atoms with Crippen LogP contribution in [0.1, 0.15) is 27.2 Å². The summed E-state index contributed by atoms with van der Waals surface area (Å²) < 4.78 is 3.32. The lowest BCUT2D eigenvalue weighted by Gasteiger charge is -2.27. The van der Waals surface area contributed by atoms with Crippen LogP contribution >= 0.6 is 22.9 Å². The highest BCUT2D eigenvalue weighted by Crippen LogP contribution is 2.21. The first-order valence-corrected chi connectivity index (χ1v) is 5.44. The van der Waals surface area contributed by atoms with Gasteiger partial charge in [0.05, 0.1) is 0 Å². The summed E-state index contributed by atoms with van der Waals surface area (Å²) in [6, 6.07) is 0.598. The van der Waals surface area contributed by atoms with Gasteiger partial charge in [0, 0.05) is 35.5 Å². The van der Waals surface area contributed by atoms with E-state index in [1.54, 1.807) is 0 Å². The Kier molecular flexibility index (Phi) is 5.69. The third-order valence-electron chi connectivity index (χ3n) is 1.60. The van der Waals surface area contributed by atoms with Gasteiger partial charge < -0.3 is 4.90 Å². The molecule has 2 nitrogen and oxygen atoms in total. The monoisotopic (exact) mass is 284 g/mol. The molecule has 0 saturated heterocycles. The highest BCUT2D eigenvalue weighted by Gasteiger charge is 2.17. The first-order chi connectivity index (χ1) is 5.35. The van der Waals surface area contributed by atoms with E-state index >= 15 is 0 Å². The zero-order valence-corrected chi connectivity index (χ0v) is 11.0. The molecule has 0 radical (unpaired) electrons. The fraction of sp³-hybridized carbons (Fsp3) is 1.00. The van der Waals surface area contributed by atoms with E-state index in [-0.39, 0.29) is 0 Å². The predicted octanol–water partition coefficient (Wildman–Crippen LogP) is 2.29. The highest BCUT2D eigenvalue weighted by molar-refractivity contribution is 14.1. The molecular formula is C9H21IN2. The molecule has 1 atom stereocenters. The normalized spacial score (nSPS) is 15.2. The first-order valence-electron chi connectivity index (χ1n) is 4.36. The van der Waals surface area contributed by atoms with Crippen molar-refractivity contribution < 1.29 is 0 Å². The summed E-state index contributed by atoms with van der Waals surface area (Å²) in [6.45, 7) is 7.96. The molecule has 0 bridgehead atoms. The average Bonchev–Trinajstić information content (AvgIpc) is 1.82. The van der Waals surface area contributed by atoms with Crippen molar-refractivity contribution in [3.63, 3.8) is 0 Å². The molecule has 74 valence electrons. The zero-order chi connectivity index (χ0) is 9.78. The maximum Gasteiger partial charge on any atom is 0.0295 e. The molecule has 3 heteroatoms. The predicted molar refractivity (Wildman–Crippen MR) is 63.6 cm³/mol. The minimum atomic E-state index is 0.416. The highest BCUT2D eigenvalue weighted by atomic mass is 127. The molecular weight excluding hydrogens is 263 g/mol. The van der Waals surface area contributed by atoms with Crippen molar-refractivity contribution in [3.05, 3.63) is 0 Å².